The number of hydrogen-bond donors (Lipinski definition) is 0. The third-order valence-electron chi connectivity index (χ3n) is 3.28. The zero-order chi connectivity index (χ0) is 9.90. The summed E-state index contributed by atoms with van der Waals surface area (Å²) in [5.41, 5.74) is -0.730. The molecular weight excluding hydrogens is 174 g/mol. The van der Waals surface area contributed by atoms with Crippen molar-refractivity contribution in [3.05, 3.63) is 0 Å². The van der Waals surface area contributed by atoms with Crippen LogP contribution < -0.4 is 0 Å². The fourth-order valence-electron chi connectivity index (χ4n) is 2.25. The molecule has 2 unspecified atom stereocenters. The molecule has 0 aliphatic heterocycles. The Kier molecular flexibility index (Phi) is 3.40. The number of alkyl halides is 2. The van der Waals surface area contributed by atoms with E-state index in [1.807, 2.05) is 6.92 Å². The van der Waals surface area contributed by atoms with Crippen molar-refractivity contribution in [1.82, 2.24) is 0 Å². The largest absolute Gasteiger partial charge is 0.303 e. The highest BCUT2D eigenvalue weighted by Crippen LogP contribution is 2.43. The average molecular weight is 190 g/mol. The Bertz CT molecular complexity index is 182. The van der Waals surface area contributed by atoms with E-state index in [4.69, 9.17) is 0 Å². The first kappa shape index (κ1) is 10.6. The number of hydrogen-bond acceptors (Lipinski definition) is 1. The van der Waals surface area contributed by atoms with Crippen LogP contribution in [-0.4, -0.2) is 12.7 Å². The molecule has 1 saturated carbocycles. The van der Waals surface area contributed by atoms with E-state index in [2.05, 4.69) is 0 Å². The van der Waals surface area contributed by atoms with Gasteiger partial charge in [0.05, 0.1) is 0 Å². The van der Waals surface area contributed by atoms with Crippen LogP contribution in [0.4, 0.5) is 8.78 Å². The molecule has 1 fully saturated rings. The monoisotopic (exact) mass is 190 g/mol. The van der Waals surface area contributed by atoms with E-state index >= 15 is 0 Å². The maximum Gasteiger partial charge on any atom is 0.239 e. The van der Waals surface area contributed by atoms with Gasteiger partial charge in [-0.3, -0.25) is 0 Å². The zero-order valence-electron chi connectivity index (χ0n) is 7.93. The summed E-state index contributed by atoms with van der Waals surface area (Å²) in [6, 6.07) is 0. The molecule has 0 bridgehead atoms. The summed E-state index contributed by atoms with van der Waals surface area (Å²) >= 11 is 0. The summed E-state index contributed by atoms with van der Waals surface area (Å²) in [6.45, 7) is 1.91. The Morgan fingerprint density at radius 3 is 2.69 bits per heavy atom. The van der Waals surface area contributed by atoms with E-state index in [1.54, 1.807) is 0 Å². The van der Waals surface area contributed by atoms with Gasteiger partial charge in [-0.15, -0.1) is 0 Å². The lowest BCUT2D eigenvalue weighted by atomic mass is 9.66. The molecule has 0 saturated heterocycles. The second-order valence-electron chi connectivity index (χ2n) is 4.09. The quantitative estimate of drug-likeness (QED) is 0.625. The van der Waals surface area contributed by atoms with E-state index < -0.39 is 11.8 Å². The highest BCUT2D eigenvalue weighted by molar-refractivity contribution is 5.60. The smallest absolute Gasteiger partial charge is 0.239 e. The van der Waals surface area contributed by atoms with Gasteiger partial charge in [-0.05, 0) is 18.8 Å². The van der Waals surface area contributed by atoms with Crippen molar-refractivity contribution in [2.45, 2.75) is 45.5 Å². The number of aldehydes is 1. The van der Waals surface area contributed by atoms with Gasteiger partial charge in [-0.2, -0.15) is 0 Å². The number of carbonyl (C=O) groups excluding carboxylic acids is 1. The molecule has 0 amide bonds. The first-order valence-corrected chi connectivity index (χ1v) is 4.85. The minimum Gasteiger partial charge on any atom is -0.303 e. The van der Waals surface area contributed by atoms with E-state index in [9.17, 15) is 13.6 Å². The van der Waals surface area contributed by atoms with Crippen molar-refractivity contribution < 1.29 is 13.6 Å². The molecule has 13 heavy (non-hydrogen) atoms. The Hall–Kier alpha value is -0.470. The van der Waals surface area contributed by atoms with Crippen LogP contribution in [0.2, 0.25) is 0 Å². The standard InChI is InChI=1S/C10H16F2O/c1-8-4-2-3-5-10(8,7-13)6-9(11)12/h7-9H,2-6H2,1H3. The van der Waals surface area contributed by atoms with Crippen molar-refractivity contribution in [3.8, 4) is 0 Å². The van der Waals surface area contributed by atoms with Gasteiger partial charge < -0.3 is 4.79 Å². The van der Waals surface area contributed by atoms with Crippen molar-refractivity contribution in [1.29, 1.82) is 0 Å². The van der Waals surface area contributed by atoms with Crippen LogP contribution in [0.15, 0.2) is 0 Å². The average Bonchev–Trinajstić information content (AvgIpc) is 2.08. The second kappa shape index (κ2) is 4.16. The Morgan fingerprint density at radius 1 is 1.54 bits per heavy atom. The second-order valence-corrected chi connectivity index (χ2v) is 4.09. The molecule has 1 aliphatic carbocycles. The van der Waals surface area contributed by atoms with Crippen LogP contribution in [0.3, 0.4) is 0 Å². The summed E-state index contributed by atoms with van der Waals surface area (Å²) in [5, 5.41) is 0. The Balaban J connectivity index is 2.70. The van der Waals surface area contributed by atoms with Crippen LogP contribution in [0, 0.1) is 11.3 Å². The fraction of sp³-hybridized carbons (Fsp3) is 0.900. The first-order chi connectivity index (χ1) is 6.10. The maximum atomic E-state index is 12.3. The predicted molar refractivity (Wildman–Crippen MR) is 46.8 cm³/mol. The van der Waals surface area contributed by atoms with Crippen LogP contribution in [0.1, 0.15) is 39.0 Å². The van der Waals surface area contributed by atoms with E-state index in [0.717, 1.165) is 25.5 Å². The molecule has 2 atom stereocenters. The van der Waals surface area contributed by atoms with Crippen LogP contribution in [0.5, 0.6) is 0 Å². The van der Waals surface area contributed by atoms with Crippen LogP contribution >= 0.6 is 0 Å². The van der Waals surface area contributed by atoms with Gasteiger partial charge in [0.1, 0.15) is 6.29 Å². The summed E-state index contributed by atoms with van der Waals surface area (Å²) in [4.78, 5) is 10.9. The summed E-state index contributed by atoms with van der Waals surface area (Å²) in [7, 11) is 0. The molecule has 0 aromatic heterocycles. The molecule has 1 rings (SSSR count). The molecule has 76 valence electrons. The molecule has 1 nitrogen and oxygen atoms in total. The fourth-order valence-corrected chi connectivity index (χ4v) is 2.25. The molecule has 0 aromatic rings. The lowest BCUT2D eigenvalue weighted by molar-refractivity contribution is -0.124. The highest BCUT2D eigenvalue weighted by atomic mass is 19.3. The summed E-state index contributed by atoms with van der Waals surface area (Å²) < 4.78 is 24.5. The van der Waals surface area contributed by atoms with Gasteiger partial charge in [-0.25, -0.2) is 8.78 Å². The molecule has 0 spiro atoms. The molecule has 0 N–H and O–H groups in total. The highest BCUT2D eigenvalue weighted by Gasteiger charge is 2.40. The molecule has 0 radical (unpaired) electrons. The number of carbonyl (C=O) groups is 1. The topological polar surface area (TPSA) is 17.1 Å². The minimum atomic E-state index is -2.36. The lowest BCUT2D eigenvalue weighted by Gasteiger charge is -2.37. The van der Waals surface area contributed by atoms with Gasteiger partial charge >= 0.3 is 0 Å². The van der Waals surface area contributed by atoms with Gasteiger partial charge in [0.25, 0.3) is 0 Å². The third-order valence-corrected chi connectivity index (χ3v) is 3.28. The third kappa shape index (κ3) is 2.26. The summed E-state index contributed by atoms with van der Waals surface area (Å²) in [5.74, 6) is 0.118. The summed E-state index contributed by atoms with van der Waals surface area (Å²) in [6.07, 6.45) is 1.69. The molecule has 0 heterocycles. The minimum absolute atomic E-state index is 0.118. The van der Waals surface area contributed by atoms with Crippen LogP contribution in [-0.2, 0) is 4.79 Å². The van der Waals surface area contributed by atoms with Crippen LogP contribution in [0.25, 0.3) is 0 Å². The lowest BCUT2D eigenvalue weighted by Crippen LogP contribution is -2.35. The maximum absolute atomic E-state index is 12.3. The van der Waals surface area contributed by atoms with Crippen molar-refractivity contribution in [2.75, 3.05) is 0 Å². The predicted octanol–water partition coefficient (Wildman–Crippen LogP) is 3.04. The van der Waals surface area contributed by atoms with Gasteiger partial charge in [0, 0.05) is 11.8 Å². The Morgan fingerprint density at radius 2 is 2.23 bits per heavy atom. The molecular formula is C10H16F2O. The van der Waals surface area contributed by atoms with Crippen molar-refractivity contribution >= 4 is 6.29 Å². The number of rotatable bonds is 3. The number of halogens is 2. The SMILES string of the molecule is CC1CCCCC1(C=O)CC(F)F. The van der Waals surface area contributed by atoms with E-state index in [-0.39, 0.29) is 12.3 Å². The zero-order valence-corrected chi connectivity index (χ0v) is 7.93. The van der Waals surface area contributed by atoms with Crippen molar-refractivity contribution in [3.63, 3.8) is 0 Å². The van der Waals surface area contributed by atoms with Gasteiger partial charge in [-0.1, -0.05) is 19.8 Å². The van der Waals surface area contributed by atoms with E-state index in [0.29, 0.717) is 6.42 Å². The Labute approximate surface area is 77.5 Å². The van der Waals surface area contributed by atoms with Gasteiger partial charge in [0.15, 0.2) is 0 Å². The van der Waals surface area contributed by atoms with E-state index in [1.165, 1.54) is 0 Å². The normalized spacial score (nSPS) is 34.9. The first-order valence-electron chi connectivity index (χ1n) is 4.85. The molecule has 0 aromatic carbocycles. The van der Waals surface area contributed by atoms with Gasteiger partial charge in [0.2, 0.25) is 6.43 Å². The van der Waals surface area contributed by atoms with Crippen molar-refractivity contribution in [2.24, 2.45) is 11.3 Å². The molecule has 1 aliphatic rings. The molecule has 3 heteroatoms.